The molecule has 2 aromatic rings. The molecule has 5 heteroatoms. The molecule has 0 fully saturated rings. The minimum Gasteiger partial charge on any atom is -0.494 e. The minimum atomic E-state index is -0.572. The Balaban J connectivity index is 2.29. The van der Waals surface area contributed by atoms with Gasteiger partial charge in [0.05, 0.1) is 18.8 Å². The molecule has 0 spiro atoms. The highest BCUT2D eigenvalue weighted by atomic mass is 16.5. The highest BCUT2D eigenvalue weighted by Crippen LogP contribution is 2.23. The van der Waals surface area contributed by atoms with Gasteiger partial charge < -0.3 is 15.2 Å². The van der Waals surface area contributed by atoms with Gasteiger partial charge in [-0.25, -0.2) is 0 Å². The molecule has 0 saturated carbocycles. The molecule has 0 bridgehead atoms. The van der Waals surface area contributed by atoms with Crippen molar-refractivity contribution >= 4 is 16.8 Å². The topological polar surface area (TPSA) is 71.5 Å². The Morgan fingerprint density at radius 3 is 3.00 bits per heavy atom. The van der Waals surface area contributed by atoms with Crippen LogP contribution in [-0.2, 0) is 0 Å². The Labute approximate surface area is 111 Å². The quantitative estimate of drug-likeness (QED) is 0.870. The molecule has 1 aromatic carbocycles. The minimum absolute atomic E-state index is 0.217. The van der Waals surface area contributed by atoms with Crippen LogP contribution < -0.4 is 10.1 Å². The Bertz CT molecular complexity index is 596. The van der Waals surface area contributed by atoms with Crippen LogP contribution in [0.25, 0.3) is 10.9 Å². The Hall–Kier alpha value is -2.14. The maximum absolute atomic E-state index is 11.9. The van der Waals surface area contributed by atoms with Gasteiger partial charge in [0.15, 0.2) is 0 Å². The summed E-state index contributed by atoms with van der Waals surface area (Å²) in [5.41, 5.74) is 1.18. The van der Waals surface area contributed by atoms with E-state index < -0.39 is 6.10 Å². The molecule has 1 aromatic heterocycles. The number of pyridine rings is 1. The van der Waals surface area contributed by atoms with Gasteiger partial charge in [-0.05, 0) is 19.1 Å². The van der Waals surface area contributed by atoms with Crippen LogP contribution in [-0.4, -0.2) is 35.8 Å². The Morgan fingerprint density at radius 1 is 1.53 bits per heavy atom. The van der Waals surface area contributed by atoms with Gasteiger partial charge in [0, 0.05) is 18.1 Å². The SMILES string of the molecule is COc1cccc2cc(C(=O)NCC(C)O)cnc12. The first-order chi connectivity index (χ1) is 9.11. The maximum Gasteiger partial charge on any atom is 0.252 e. The zero-order valence-electron chi connectivity index (χ0n) is 10.9. The van der Waals surface area contributed by atoms with Crippen molar-refractivity contribution in [2.24, 2.45) is 0 Å². The largest absolute Gasteiger partial charge is 0.494 e. The van der Waals surface area contributed by atoms with Gasteiger partial charge in [0.1, 0.15) is 11.3 Å². The van der Waals surface area contributed by atoms with Crippen molar-refractivity contribution in [1.29, 1.82) is 0 Å². The first-order valence-corrected chi connectivity index (χ1v) is 6.01. The number of methoxy groups -OCH3 is 1. The van der Waals surface area contributed by atoms with Crippen molar-refractivity contribution in [3.63, 3.8) is 0 Å². The number of rotatable bonds is 4. The molecule has 1 amide bonds. The molecule has 2 N–H and O–H groups in total. The van der Waals surface area contributed by atoms with Gasteiger partial charge >= 0.3 is 0 Å². The van der Waals surface area contributed by atoms with Gasteiger partial charge in [-0.15, -0.1) is 0 Å². The number of amides is 1. The summed E-state index contributed by atoms with van der Waals surface area (Å²) in [5, 5.41) is 12.6. The van der Waals surface area contributed by atoms with Crippen molar-refractivity contribution < 1.29 is 14.6 Å². The number of aliphatic hydroxyl groups is 1. The molecule has 1 heterocycles. The van der Waals surface area contributed by atoms with E-state index in [4.69, 9.17) is 9.84 Å². The second-order valence-corrected chi connectivity index (χ2v) is 4.32. The lowest BCUT2D eigenvalue weighted by molar-refractivity contribution is 0.0924. The number of ether oxygens (including phenoxy) is 1. The van der Waals surface area contributed by atoms with Crippen LogP contribution in [0.4, 0.5) is 0 Å². The van der Waals surface area contributed by atoms with Crippen molar-refractivity contribution in [3.05, 3.63) is 36.0 Å². The molecule has 0 radical (unpaired) electrons. The van der Waals surface area contributed by atoms with E-state index in [1.54, 1.807) is 20.1 Å². The lowest BCUT2D eigenvalue weighted by Gasteiger charge is -2.08. The summed E-state index contributed by atoms with van der Waals surface area (Å²) in [4.78, 5) is 16.1. The van der Waals surface area contributed by atoms with Gasteiger partial charge in [0.25, 0.3) is 5.91 Å². The monoisotopic (exact) mass is 260 g/mol. The molecule has 2 rings (SSSR count). The number of aliphatic hydroxyl groups excluding tert-OH is 1. The fourth-order valence-corrected chi connectivity index (χ4v) is 1.76. The van der Waals surface area contributed by atoms with Crippen molar-refractivity contribution in [2.45, 2.75) is 13.0 Å². The van der Waals surface area contributed by atoms with E-state index in [0.29, 0.717) is 11.3 Å². The van der Waals surface area contributed by atoms with Crippen LogP contribution >= 0.6 is 0 Å². The van der Waals surface area contributed by atoms with E-state index >= 15 is 0 Å². The Kier molecular flexibility index (Phi) is 3.97. The number of para-hydroxylation sites is 1. The van der Waals surface area contributed by atoms with Crippen molar-refractivity contribution in [1.82, 2.24) is 10.3 Å². The number of hydrogen-bond acceptors (Lipinski definition) is 4. The summed E-state index contributed by atoms with van der Waals surface area (Å²) < 4.78 is 5.21. The summed E-state index contributed by atoms with van der Waals surface area (Å²) in [6.45, 7) is 1.83. The smallest absolute Gasteiger partial charge is 0.252 e. The summed E-state index contributed by atoms with van der Waals surface area (Å²) in [7, 11) is 1.58. The van der Waals surface area contributed by atoms with Crippen LogP contribution in [0.2, 0.25) is 0 Å². The Morgan fingerprint density at radius 2 is 2.32 bits per heavy atom. The number of nitrogens with zero attached hydrogens (tertiary/aromatic N) is 1. The second-order valence-electron chi connectivity index (χ2n) is 4.32. The first-order valence-electron chi connectivity index (χ1n) is 6.01. The van der Waals surface area contributed by atoms with Crippen LogP contribution in [0.15, 0.2) is 30.5 Å². The lowest BCUT2D eigenvalue weighted by atomic mass is 10.1. The molecule has 0 aliphatic carbocycles. The van der Waals surface area contributed by atoms with Crippen LogP contribution in [0.1, 0.15) is 17.3 Å². The predicted octanol–water partition coefficient (Wildman–Crippen LogP) is 1.35. The fourth-order valence-electron chi connectivity index (χ4n) is 1.76. The zero-order valence-corrected chi connectivity index (χ0v) is 10.9. The third kappa shape index (κ3) is 3.00. The van der Waals surface area contributed by atoms with Gasteiger partial charge in [-0.2, -0.15) is 0 Å². The summed E-state index contributed by atoms with van der Waals surface area (Å²) >= 11 is 0. The van der Waals surface area contributed by atoms with Crippen LogP contribution in [0.3, 0.4) is 0 Å². The third-order valence-electron chi connectivity index (χ3n) is 2.71. The number of nitrogens with one attached hydrogen (secondary N) is 1. The number of fused-ring (bicyclic) bond motifs is 1. The normalized spacial score (nSPS) is 12.2. The standard InChI is InChI=1S/C14H16N2O3/c1-9(17)7-16-14(18)11-6-10-4-3-5-12(19-2)13(10)15-8-11/h3-6,8-9,17H,7H2,1-2H3,(H,16,18). The van der Waals surface area contributed by atoms with E-state index in [0.717, 1.165) is 10.9 Å². The van der Waals surface area contributed by atoms with E-state index in [-0.39, 0.29) is 12.5 Å². The highest BCUT2D eigenvalue weighted by molar-refractivity contribution is 5.98. The number of benzene rings is 1. The van der Waals surface area contributed by atoms with Gasteiger partial charge in [0.2, 0.25) is 0 Å². The number of aromatic nitrogens is 1. The molecule has 0 saturated heterocycles. The molecule has 0 aliphatic heterocycles. The highest BCUT2D eigenvalue weighted by Gasteiger charge is 2.09. The van der Waals surface area contributed by atoms with Crippen LogP contribution in [0, 0.1) is 0 Å². The second kappa shape index (κ2) is 5.67. The molecular formula is C14H16N2O3. The average molecular weight is 260 g/mol. The van der Waals surface area contributed by atoms with Gasteiger partial charge in [-0.3, -0.25) is 9.78 Å². The van der Waals surface area contributed by atoms with E-state index in [1.165, 1.54) is 6.20 Å². The fraction of sp³-hybridized carbons (Fsp3) is 0.286. The molecule has 1 unspecified atom stereocenters. The molecule has 5 nitrogen and oxygen atoms in total. The molecular weight excluding hydrogens is 244 g/mol. The molecule has 100 valence electrons. The zero-order chi connectivity index (χ0) is 13.8. The molecule has 1 atom stereocenters. The average Bonchev–Trinajstić information content (AvgIpc) is 2.43. The number of carbonyl (C=O) groups excluding carboxylic acids is 1. The predicted molar refractivity (Wildman–Crippen MR) is 72.3 cm³/mol. The summed E-state index contributed by atoms with van der Waals surface area (Å²) in [5.74, 6) is 0.423. The van der Waals surface area contributed by atoms with E-state index in [9.17, 15) is 4.79 Å². The molecule has 0 aliphatic rings. The summed E-state index contributed by atoms with van der Waals surface area (Å²) in [6.07, 6.45) is 0.930. The van der Waals surface area contributed by atoms with Gasteiger partial charge in [-0.1, -0.05) is 12.1 Å². The van der Waals surface area contributed by atoms with Crippen molar-refractivity contribution in [3.8, 4) is 5.75 Å². The van der Waals surface area contributed by atoms with Crippen LogP contribution in [0.5, 0.6) is 5.75 Å². The van der Waals surface area contributed by atoms with Crippen molar-refractivity contribution in [2.75, 3.05) is 13.7 Å². The summed E-state index contributed by atoms with van der Waals surface area (Å²) in [6, 6.07) is 7.29. The van der Waals surface area contributed by atoms with E-state index in [1.807, 2.05) is 18.2 Å². The molecule has 19 heavy (non-hydrogen) atoms. The number of carbonyl (C=O) groups is 1. The first kappa shape index (κ1) is 13.3. The van der Waals surface area contributed by atoms with E-state index in [2.05, 4.69) is 10.3 Å². The maximum atomic E-state index is 11.9. The number of hydrogen-bond donors (Lipinski definition) is 2. The third-order valence-corrected chi connectivity index (χ3v) is 2.71. The lowest BCUT2D eigenvalue weighted by Crippen LogP contribution is -2.30.